The van der Waals surface area contributed by atoms with E-state index in [0.29, 0.717) is 12.3 Å². The first kappa shape index (κ1) is 11.8. The molecule has 17 heavy (non-hydrogen) atoms. The van der Waals surface area contributed by atoms with Crippen LogP contribution in [-0.2, 0) is 0 Å². The van der Waals surface area contributed by atoms with Gasteiger partial charge in [0, 0.05) is 12.7 Å². The minimum Gasteiger partial charge on any atom is -0.462 e. The molecule has 1 saturated heterocycles. The molecule has 0 aromatic carbocycles. The van der Waals surface area contributed by atoms with E-state index < -0.39 is 0 Å². The maximum absolute atomic E-state index is 7.27. The summed E-state index contributed by atoms with van der Waals surface area (Å²) in [4.78, 5) is 10.4. The molecule has 0 atom stereocenters. The van der Waals surface area contributed by atoms with E-state index in [4.69, 9.17) is 15.9 Å². The minimum atomic E-state index is -0.0724. The molecule has 6 heteroatoms. The highest BCUT2D eigenvalue weighted by atomic mass is 16.5. The number of nitrogens with zero attached hydrogens (tertiary/aromatic N) is 3. The van der Waals surface area contributed by atoms with Crippen LogP contribution < -0.4 is 10.5 Å². The van der Waals surface area contributed by atoms with Crippen LogP contribution in [0.3, 0.4) is 0 Å². The Morgan fingerprint density at radius 1 is 1.47 bits per heavy atom. The number of nitrogens with one attached hydrogen (secondary N) is 1. The van der Waals surface area contributed by atoms with Crippen LogP contribution in [0.25, 0.3) is 0 Å². The number of nitrogen functional groups attached to an aromatic ring is 1. The van der Waals surface area contributed by atoms with Crippen molar-refractivity contribution < 1.29 is 4.74 Å². The standard InChI is InChI=1S/C11H17N5O/c12-10(13)9-3-4-14-11(15-9)17-8-7-16-5-1-2-6-16/h3-4H,1-2,5-8H2,(H3,12,13). The van der Waals surface area contributed by atoms with Crippen molar-refractivity contribution in [2.45, 2.75) is 12.8 Å². The van der Waals surface area contributed by atoms with E-state index >= 15 is 0 Å². The maximum Gasteiger partial charge on any atom is 0.317 e. The second-order valence-corrected chi connectivity index (χ2v) is 4.04. The Labute approximate surface area is 100 Å². The molecule has 1 fully saturated rings. The van der Waals surface area contributed by atoms with Crippen molar-refractivity contribution in [3.8, 4) is 6.01 Å². The molecule has 0 spiro atoms. The molecule has 0 bridgehead atoms. The summed E-state index contributed by atoms with van der Waals surface area (Å²) in [6.07, 6.45) is 4.10. The predicted molar refractivity (Wildman–Crippen MR) is 64.2 cm³/mol. The molecular weight excluding hydrogens is 218 g/mol. The third kappa shape index (κ3) is 3.39. The monoisotopic (exact) mass is 235 g/mol. The second kappa shape index (κ2) is 5.58. The van der Waals surface area contributed by atoms with Gasteiger partial charge in [-0.25, -0.2) is 4.98 Å². The van der Waals surface area contributed by atoms with Gasteiger partial charge >= 0.3 is 6.01 Å². The fourth-order valence-electron chi connectivity index (χ4n) is 1.83. The number of amidine groups is 1. The summed E-state index contributed by atoms with van der Waals surface area (Å²) in [7, 11) is 0. The Balaban J connectivity index is 1.81. The minimum absolute atomic E-state index is 0.0724. The zero-order chi connectivity index (χ0) is 12.1. The maximum atomic E-state index is 7.27. The molecule has 1 aromatic heterocycles. The number of likely N-dealkylation sites (tertiary alicyclic amines) is 1. The molecule has 0 radical (unpaired) electrons. The number of hydrogen-bond acceptors (Lipinski definition) is 5. The smallest absolute Gasteiger partial charge is 0.317 e. The first-order valence-corrected chi connectivity index (χ1v) is 5.78. The van der Waals surface area contributed by atoms with Crippen LogP contribution in [0, 0.1) is 5.41 Å². The molecule has 3 N–H and O–H groups in total. The lowest BCUT2D eigenvalue weighted by Crippen LogP contribution is -2.25. The third-order valence-electron chi connectivity index (χ3n) is 2.75. The lowest BCUT2D eigenvalue weighted by molar-refractivity contribution is 0.225. The molecule has 1 aromatic rings. The van der Waals surface area contributed by atoms with E-state index in [2.05, 4.69) is 14.9 Å². The third-order valence-corrected chi connectivity index (χ3v) is 2.75. The molecule has 1 aliphatic heterocycles. The van der Waals surface area contributed by atoms with Crippen LogP contribution in [0.15, 0.2) is 12.3 Å². The van der Waals surface area contributed by atoms with Crippen molar-refractivity contribution in [1.29, 1.82) is 5.41 Å². The average molecular weight is 235 g/mol. The summed E-state index contributed by atoms with van der Waals surface area (Å²) in [6.45, 7) is 3.77. The van der Waals surface area contributed by atoms with Crippen molar-refractivity contribution in [3.63, 3.8) is 0 Å². The molecule has 1 aliphatic rings. The Morgan fingerprint density at radius 2 is 2.24 bits per heavy atom. The molecular formula is C11H17N5O. The second-order valence-electron chi connectivity index (χ2n) is 4.04. The van der Waals surface area contributed by atoms with Crippen LogP contribution in [0.4, 0.5) is 0 Å². The topological polar surface area (TPSA) is 88.1 Å². The van der Waals surface area contributed by atoms with Gasteiger partial charge in [-0.1, -0.05) is 0 Å². The summed E-state index contributed by atoms with van der Waals surface area (Å²) >= 11 is 0. The summed E-state index contributed by atoms with van der Waals surface area (Å²) in [5.41, 5.74) is 5.74. The zero-order valence-corrected chi connectivity index (χ0v) is 9.72. The SMILES string of the molecule is N=C(N)c1ccnc(OCCN2CCCC2)n1. The molecule has 92 valence electrons. The van der Waals surface area contributed by atoms with Gasteiger partial charge in [0.15, 0.2) is 0 Å². The van der Waals surface area contributed by atoms with Crippen molar-refractivity contribution in [2.75, 3.05) is 26.2 Å². The van der Waals surface area contributed by atoms with Crippen LogP contribution in [0.2, 0.25) is 0 Å². The van der Waals surface area contributed by atoms with Gasteiger partial charge in [0.05, 0.1) is 0 Å². The molecule has 0 amide bonds. The highest BCUT2D eigenvalue weighted by Gasteiger charge is 2.11. The van der Waals surface area contributed by atoms with Gasteiger partial charge in [0.1, 0.15) is 18.1 Å². The molecule has 0 saturated carbocycles. The van der Waals surface area contributed by atoms with E-state index in [1.54, 1.807) is 12.3 Å². The number of nitrogens with two attached hydrogens (primary N) is 1. The van der Waals surface area contributed by atoms with E-state index in [1.165, 1.54) is 12.8 Å². The largest absolute Gasteiger partial charge is 0.462 e. The highest BCUT2D eigenvalue weighted by Crippen LogP contribution is 2.07. The Bertz CT molecular complexity index is 389. The van der Waals surface area contributed by atoms with Gasteiger partial charge in [0.2, 0.25) is 0 Å². The predicted octanol–water partition coefficient (Wildman–Crippen LogP) is 0.235. The van der Waals surface area contributed by atoms with Crippen molar-refractivity contribution in [2.24, 2.45) is 5.73 Å². The summed E-state index contributed by atoms with van der Waals surface area (Å²) in [5, 5.41) is 7.27. The molecule has 6 nitrogen and oxygen atoms in total. The van der Waals surface area contributed by atoms with Crippen molar-refractivity contribution >= 4 is 5.84 Å². The van der Waals surface area contributed by atoms with Crippen molar-refractivity contribution in [3.05, 3.63) is 18.0 Å². The summed E-state index contributed by atoms with van der Waals surface area (Å²) in [6, 6.07) is 1.88. The number of aromatic nitrogens is 2. The Kier molecular flexibility index (Phi) is 3.87. The fraction of sp³-hybridized carbons (Fsp3) is 0.545. The summed E-state index contributed by atoms with van der Waals surface area (Å²) < 4.78 is 5.44. The fourth-order valence-corrected chi connectivity index (χ4v) is 1.83. The van der Waals surface area contributed by atoms with E-state index in [0.717, 1.165) is 19.6 Å². The van der Waals surface area contributed by atoms with Gasteiger partial charge in [0.25, 0.3) is 0 Å². The number of ether oxygens (including phenoxy) is 1. The van der Waals surface area contributed by atoms with Gasteiger partial charge < -0.3 is 10.5 Å². The quantitative estimate of drug-likeness (QED) is 0.563. The normalized spacial score (nSPS) is 16.0. The van der Waals surface area contributed by atoms with E-state index in [9.17, 15) is 0 Å². The molecule has 2 heterocycles. The van der Waals surface area contributed by atoms with Crippen LogP contribution in [0.1, 0.15) is 18.5 Å². The molecule has 0 unspecified atom stereocenters. The van der Waals surface area contributed by atoms with Gasteiger partial charge in [-0.2, -0.15) is 4.98 Å². The lowest BCUT2D eigenvalue weighted by atomic mass is 10.4. The van der Waals surface area contributed by atoms with E-state index in [-0.39, 0.29) is 11.8 Å². The summed E-state index contributed by atoms with van der Waals surface area (Å²) in [5.74, 6) is -0.0724. The van der Waals surface area contributed by atoms with Gasteiger partial charge in [-0.15, -0.1) is 0 Å². The molecule has 0 aliphatic carbocycles. The molecule has 2 rings (SSSR count). The van der Waals surface area contributed by atoms with Gasteiger partial charge in [-0.3, -0.25) is 10.3 Å². The Hall–Kier alpha value is -1.69. The van der Waals surface area contributed by atoms with Crippen LogP contribution >= 0.6 is 0 Å². The first-order valence-electron chi connectivity index (χ1n) is 5.78. The average Bonchev–Trinajstić information content (AvgIpc) is 2.82. The first-order chi connectivity index (χ1) is 8.25. The lowest BCUT2D eigenvalue weighted by Gasteiger charge is -2.14. The van der Waals surface area contributed by atoms with Crippen LogP contribution in [0.5, 0.6) is 6.01 Å². The van der Waals surface area contributed by atoms with Crippen LogP contribution in [-0.4, -0.2) is 46.9 Å². The Morgan fingerprint density at radius 3 is 2.94 bits per heavy atom. The van der Waals surface area contributed by atoms with Crippen molar-refractivity contribution in [1.82, 2.24) is 14.9 Å². The number of hydrogen-bond donors (Lipinski definition) is 2. The number of rotatable bonds is 5. The zero-order valence-electron chi connectivity index (χ0n) is 9.72. The van der Waals surface area contributed by atoms with E-state index in [1.807, 2.05) is 0 Å². The highest BCUT2D eigenvalue weighted by molar-refractivity contribution is 5.92. The van der Waals surface area contributed by atoms with Gasteiger partial charge in [-0.05, 0) is 32.0 Å².